The minimum atomic E-state index is -0.271. The first-order valence-electron chi connectivity index (χ1n) is 9.10. The molecule has 4 rings (SSSR count). The molecule has 4 aromatic rings. The number of hydrogen-bond donors (Lipinski definition) is 2. The Kier molecular flexibility index (Phi) is 6.29. The van der Waals surface area contributed by atoms with E-state index in [4.69, 9.17) is 4.74 Å². The van der Waals surface area contributed by atoms with Crippen LogP contribution in [0, 0.1) is 0 Å². The van der Waals surface area contributed by atoms with Gasteiger partial charge in [-0.1, -0.05) is 48.2 Å². The van der Waals surface area contributed by atoms with Gasteiger partial charge in [0.25, 0.3) is 0 Å². The SMILES string of the molecule is O=C(Nc1ccccc1)Nc1ccc2nc(SCCOc3ccccc3)sc2c1. The molecule has 2 amide bonds. The first kappa shape index (κ1) is 19.3. The molecule has 0 aliphatic heterocycles. The molecule has 0 fully saturated rings. The van der Waals surface area contributed by atoms with Gasteiger partial charge in [0, 0.05) is 17.1 Å². The van der Waals surface area contributed by atoms with Gasteiger partial charge in [-0.3, -0.25) is 0 Å². The molecule has 0 atom stereocenters. The van der Waals surface area contributed by atoms with Gasteiger partial charge in [-0.2, -0.15) is 0 Å². The van der Waals surface area contributed by atoms with E-state index in [0.717, 1.165) is 37.4 Å². The number of nitrogens with one attached hydrogen (secondary N) is 2. The Morgan fingerprint density at radius 2 is 1.66 bits per heavy atom. The number of carbonyl (C=O) groups excluding carboxylic acids is 1. The lowest BCUT2D eigenvalue weighted by atomic mass is 10.3. The van der Waals surface area contributed by atoms with Gasteiger partial charge in [0.1, 0.15) is 5.75 Å². The maximum Gasteiger partial charge on any atom is 0.323 e. The number of ether oxygens (including phenoxy) is 1. The number of amides is 2. The van der Waals surface area contributed by atoms with Crippen molar-refractivity contribution >= 4 is 50.7 Å². The normalized spacial score (nSPS) is 10.6. The molecular formula is C22H19N3O2S2. The highest BCUT2D eigenvalue weighted by Crippen LogP contribution is 2.31. The Bertz CT molecular complexity index is 1090. The number of para-hydroxylation sites is 2. The summed E-state index contributed by atoms with van der Waals surface area (Å²) in [6, 6.07) is 24.6. The Morgan fingerprint density at radius 3 is 2.45 bits per heavy atom. The number of hydrogen-bond acceptors (Lipinski definition) is 5. The van der Waals surface area contributed by atoms with Crippen molar-refractivity contribution in [2.45, 2.75) is 4.34 Å². The Hall–Kier alpha value is -3.03. The maximum absolute atomic E-state index is 12.2. The summed E-state index contributed by atoms with van der Waals surface area (Å²) in [5, 5.41) is 5.68. The molecule has 0 bridgehead atoms. The van der Waals surface area contributed by atoms with E-state index in [-0.39, 0.29) is 6.03 Å². The van der Waals surface area contributed by atoms with Crippen molar-refractivity contribution in [2.75, 3.05) is 23.0 Å². The number of thiazole rings is 1. The van der Waals surface area contributed by atoms with E-state index in [1.165, 1.54) is 0 Å². The summed E-state index contributed by atoms with van der Waals surface area (Å²) in [5.41, 5.74) is 2.41. The summed E-state index contributed by atoms with van der Waals surface area (Å²) in [6.45, 7) is 0.622. The van der Waals surface area contributed by atoms with Crippen LogP contribution in [-0.4, -0.2) is 23.4 Å². The summed E-state index contributed by atoms with van der Waals surface area (Å²) in [6.07, 6.45) is 0. The number of thioether (sulfide) groups is 1. The monoisotopic (exact) mass is 421 g/mol. The molecule has 5 nitrogen and oxygen atoms in total. The van der Waals surface area contributed by atoms with Crippen LogP contribution in [0.15, 0.2) is 83.2 Å². The van der Waals surface area contributed by atoms with Gasteiger partial charge >= 0.3 is 6.03 Å². The standard InChI is InChI=1S/C22H19N3O2S2/c26-21(23-16-7-3-1-4-8-16)24-17-11-12-19-20(15-17)29-22(25-19)28-14-13-27-18-9-5-2-6-10-18/h1-12,15H,13-14H2,(H2,23,24,26). The van der Waals surface area contributed by atoms with Crippen molar-refractivity contribution in [3.8, 4) is 5.75 Å². The molecule has 29 heavy (non-hydrogen) atoms. The van der Waals surface area contributed by atoms with Crippen molar-refractivity contribution in [1.29, 1.82) is 0 Å². The minimum absolute atomic E-state index is 0.271. The molecule has 3 aromatic carbocycles. The Labute approximate surface area is 177 Å². The summed E-state index contributed by atoms with van der Waals surface area (Å²) in [7, 11) is 0. The first-order valence-corrected chi connectivity index (χ1v) is 10.9. The average Bonchev–Trinajstić information content (AvgIpc) is 3.15. The van der Waals surface area contributed by atoms with Gasteiger partial charge in [-0.15, -0.1) is 11.3 Å². The van der Waals surface area contributed by atoms with E-state index in [1.54, 1.807) is 23.1 Å². The van der Waals surface area contributed by atoms with Crippen molar-refractivity contribution in [3.63, 3.8) is 0 Å². The smallest absolute Gasteiger partial charge is 0.323 e. The van der Waals surface area contributed by atoms with Crippen LogP contribution in [0.3, 0.4) is 0 Å². The number of anilines is 2. The van der Waals surface area contributed by atoms with Gasteiger partial charge in [-0.05, 0) is 42.5 Å². The van der Waals surface area contributed by atoms with E-state index in [2.05, 4.69) is 15.6 Å². The molecule has 0 radical (unpaired) electrons. The van der Waals surface area contributed by atoms with Gasteiger partial charge in [0.2, 0.25) is 0 Å². The lowest BCUT2D eigenvalue weighted by Gasteiger charge is -2.07. The second-order valence-electron chi connectivity index (χ2n) is 6.12. The van der Waals surface area contributed by atoms with Crippen molar-refractivity contribution in [3.05, 3.63) is 78.9 Å². The summed E-state index contributed by atoms with van der Waals surface area (Å²) in [4.78, 5) is 16.8. The molecule has 0 aliphatic carbocycles. The van der Waals surface area contributed by atoms with Gasteiger partial charge in [-0.25, -0.2) is 9.78 Å². The number of aromatic nitrogens is 1. The highest BCUT2D eigenvalue weighted by atomic mass is 32.2. The molecule has 0 aliphatic rings. The van der Waals surface area contributed by atoms with E-state index in [0.29, 0.717) is 6.61 Å². The van der Waals surface area contributed by atoms with E-state index >= 15 is 0 Å². The summed E-state index contributed by atoms with van der Waals surface area (Å²) >= 11 is 3.28. The number of rotatable bonds is 7. The molecule has 7 heteroatoms. The molecule has 0 unspecified atom stereocenters. The zero-order chi connectivity index (χ0) is 19.9. The lowest BCUT2D eigenvalue weighted by Crippen LogP contribution is -2.19. The van der Waals surface area contributed by atoms with E-state index in [1.807, 2.05) is 78.9 Å². The molecule has 2 N–H and O–H groups in total. The molecule has 0 spiro atoms. The van der Waals surface area contributed by atoms with Crippen molar-refractivity contribution in [1.82, 2.24) is 4.98 Å². The Morgan fingerprint density at radius 1 is 0.931 bits per heavy atom. The number of benzene rings is 3. The van der Waals surface area contributed by atoms with Crippen LogP contribution >= 0.6 is 23.1 Å². The third-order valence-electron chi connectivity index (χ3n) is 3.98. The van der Waals surface area contributed by atoms with Crippen LogP contribution < -0.4 is 15.4 Å². The van der Waals surface area contributed by atoms with Gasteiger partial charge in [0.15, 0.2) is 4.34 Å². The molecule has 146 valence electrons. The highest BCUT2D eigenvalue weighted by Gasteiger charge is 2.08. The molecule has 0 saturated carbocycles. The largest absolute Gasteiger partial charge is 0.493 e. The van der Waals surface area contributed by atoms with Crippen LogP contribution in [-0.2, 0) is 0 Å². The number of urea groups is 1. The van der Waals surface area contributed by atoms with Crippen LogP contribution in [0.25, 0.3) is 10.2 Å². The lowest BCUT2D eigenvalue weighted by molar-refractivity contribution is 0.262. The fraction of sp³-hybridized carbons (Fsp3) is 0.0909. The number of carbonyl (C=O) groups is 1. The van der Waals surface area contributed by atoms with Gasteiger partial charge < -0.3 is 15.4 Å². The van der Waals surface area contributed by atoms with E-state index < -0.39 is 0 Å². The Balaban J connectivity index is 1.32. The zero-order valence-electron chi connectivity index (χ0n) is 15.5. The molecular weight excluding hydrogens is 402 g/mol. The zero-order valence-corrected chi connectivity index (χ0v) is 17.1. The molecule has 0 saturated heterocycles. The van der Waals surface area contributed by atoms with E-state index in [9.17, 15) is 4.79 Å². The fourth-order valence-corrected chi connectivity index (χ4v) is 4.66. The second kappa shape index (κ2) is 9.45. The first-order chi connectivity index (χ1) is 14.3. The fourth-order valence-electron chi connectivity index (χ4n) is 2.66. The van der Waals surface area contributed by atoms with Crippen LogP contribution in [0.4, 0.5) is 16.2 Å². The van der Waals surface area contributed by atoms with Crippen LogP contribution in [0.1, 0.15) is 0 Å². The highest BCUT2D eigenvalue weighted by molar-refractivity contribution is 8.01. The average molecular weight is 422 g/mol. The van der Waals surface area contributed by atoms with Gasteiger partial charge in [0.05, 0.1) is 16.8 Å². The quantitative estimate of drug-likeness (QED) is 0.279. The number of nitrogens with zero attached hydrogens (tertiary/aromatic N) is 1. The molecule has 1 heterocycles. The van der Waals surface area contributed by atoms with Crippen molar-refractivity contribution in [2.24, 2.45) is 0 Å². The van der Waals surface area contributed by atoms with Crippen LogP contribution in [0.2, 0.25) is 0 Å². The minimum Gasteiger partial charge on any atom is -0.493 e. The third kappa shape index (κ3) is 5.49. The third-order valence-corrected chi connectivity index (χ3v) is 6.10. The number of fused-ring (bicyclic) bond motifs is 1. The maximum atomic E-state index is 12.2. The summed E-state index contributed by atoms with van der Waals surface area (Å²) < 4.78 is 7.74. The predicted molar refractivity (Wildman–Crippen MR) is 121 cm³/mol. The molecule has 1 aromatic heterocycles. The predicted octanol–water partition coefficient (Wildman–Crippen LogP) is 6.11. The van der Waals surface area contributed by atoms with Crippen molar-refractivity contribution < 1.29 is 9.53 Å². The second-order valence-corrected chi connectivity index (χ2v) is 8.49. The topological polar surface area (TPSA) is 63.2 Å². The van der Waals surface area contributed by atoms with Crippen LogP contribution in [0.5, 0.6) is 5.75 Å². The summed E-state index contributed by atoms with van der Waals surface area (Å²) in [5.74, 6) is 1.70.